The molecule has 1 saturated heterocycles. The van der Waals surface area contributed by atoms with Crippen LogP contribution in [0.3, 0.4) is 0 Å². The Bertz CT molecular complexity index is 194. The lowest BCUT2D eigenvalue weighted by Crippen LogP contribution is -2.41. The molecule has 2 N–H and O–H groups in total. The summed E-state index contributed by atoms with van der Waals surface area (Å²) < 4.78 is 70.9. The first-order chi connectivity index (χ1) is 7.59. The van der Waals surface area contributed by atoms with Crippen LogP contribution in [0.25, 0.3) is 0 Å². The second-order valence-electron chi connectivity index (χ2n) is 3.30. The van der Waals surface area contributed by atoms with E-state index in [9.17, 15) is 26.3 Å². The molecule has 0 aromatic carbocycles. The molecule has 1 aliphatic rings. The standard InChI is InChI=1S/C5H10O2.C3H2F6O/c6-4-5-2-1-3-7-5;4-2(5,6)1(10)3(7,8)9/h5-6H,1-4H2;1,10H. The molecule has 0 bridgehead atoms. The summed E-state index contributed by atoms with van der Waals surface area (Å²) in [6.07, 6.45) is -13.2. The lowest BCUT2D eigenvalue weighted by atomic mass is 10.2. The molecule has 3 nitrogen and oxygen atoms in total. The molecule has 1 unspecified atom stereocenters. The lowest BCUT2D eigenvalue weighted by molar-refractivity contribution is -0.308. The number of aliphatic hydroxyl groups excluding tert-OH is 2. The molecule has 1 fully saturated rings. The molecule has 0 spiro atoms. The third-order valence-electron chi connectivity index (χ3n) is 1.85. The Morgan fingerprint density at radius 3 is 1.71 bits per heavy atom. The monoisotopic (exact) mass is 270 g/mol. The Morgan fingerprint density at radius 1 is 1.12 bits per heavy atom. The molecule has 104 valence electrons. The Labute approximate surface area is 93.0 Å². The summed E-state index contributed by atoms with van der Waals surface area (Å²) in [5.41, 5.74) is 0. The molecular weight excluding hydrogens is 258 g/mol. The van der Waals surface area contributed by atoms with Crippen molar-refractivity contribution >= 4 is 0 Å². The Balaban J connectivity index is 0.000000318. The number of hydrogen-bond donors (Lipinski definition) is 2. The number of ether oxygens (including phenoxy) is 1. The fraction of sp³-hybridized carbons (Fsp3) is 1.00. The van der Waals surface area contributed by atoms with Gasteiger partial charge in [0.2, 0.25) is 6.10 Å². The minimum Gasteiger partial charge on any atom is -0.394 e. The van der Waals surface area contributed by atoms with Crippen molar-refractivity contribution in [1.29, 1.82) is 0 Å². The zero-order valence-corrected chi connectivity index (χ0v) is 8.55. The van der Waals surface area contributed by atoms with Crippen molar-refractivity contribution in [2.75, 3.05) is 13.2 Å². The molecule has 0 aliphatic carbocycles. The third kappa shape index (κ3) is 6.69. The van der Waals surface area contributed by atoms with Crippen molar-refractivity contribution < 1.29 is 41.3 Å². The molecule has 17 heavy (non-hydrogen) atoms. The normalized spacial score (nSPS) is 21.4. The van der Waals surface area contributed by atoms with Crippen LogP contribution in [0.4, 0.5) is 26.3 Å². The highest BCUT2D eigenvalue weighted by atomic mass is 19.4. The van der Waals surface area contributed by atoms with Crippen LogP contribution in [0.5, 0.6) is 0 Å². The first kappa shape index (κ1) is 16.5. The molecule has 1 rings (SSSR count). The summed E-state index contributed by atoms with van der Waals surface area (Å²) in [5, 5.41) is 15.9. The van der Waals surface area contributed by atoms with E-state index in [0.29, 0.717) is 0 Å². The molecule has 1 heterocycles. The molecular formula is C8H12F6O3. The van der Waals surface area contributed by atoms with Crippen molar-refractivity contribution in [3.05, 3.63) is 0 Å². The van der Waals surface area contributed by atoms with E-state index in [1.807, 2.05) is 0 Å². The van der Waals surface area contributed by atoms with E-state index in [1.54, 1.807) is 0 Å². The van der Waals surface area contributed by atoms with Gasteiger partial charge >= 0.3 is 12.4 Å². The molecule has 0 amide bonds. The van der Waals surface area contributed by atoms with Crippen LogP contribution in [0, 0.1) is 0 Å². The predicted molar refractivity (Wildman–Crippen MR) is 44.2 cm³/mol. The van der Waals surface area contributed by atoms with E-state index < -0.39 is 18.5 Å². The number of halogens is 6. The van der Waals surface area contributed by atoms with Gasteiger partial charge in [0, 0.05) is 6.61 Å². The highest BCUT2D eigenvalue weighted by Crippen LogP contribution is 2.32. The Hall–Kier alpha value is -0.540. The van der Waals surface area contributed by atoms with Gasteiger partial charge in [-0.05, 0) is 12.8 Å². The molecule has 0 radical (unpaired) electrons. The van der Waals surface area contributed by atoms with Gasteiger partial charge in [0.25, 0.3) is 0 Å². The Morgan fingerprint density at radius 2 is 1.59 bits per heavy atom. The average Bonchev–Trinajstić information content (AvgIpc) is 2.67. The van der Waals surface area contributed by atoms with Crippen molar-refractivity contribution in [1.82, 2.24) is 0 Å². The summed E-state index contributed by atoms with van der Waals surface area (Å²) in [6.45, 7) is 1.03. The molecule has 0 saturated carbocycles. The third-order valence-corrected chi connectivity index (χ3v) is 1.85. The molecule has 0 aromatic rings. The van der Waals surface area contributed by atoms with Gasteiger partial charge in [-0.25, -0.2) is 0 Å². The largest absolute Gasteiger partial charge is 0.423 e. The maximum absolute atomic E-state index is 11.0. The zero-order chi connectivity index (χ0) is 13.7. The summed E-state index contributed by atoms with van der Waals surface area (Å²) >= 11 is 0. The predicted octanol–water partition coefficient (Wildman–Crippen LogP) is 1.63. The fourth-order valence-corrected chi connectivity index (χ4v) is 0.974. The van der Waals surface area contributed by atoms with Crippen LogP contribution >= 0.6 is 0 Å². The second-order valence-corrected chi connectivity index (χ2v) is 3.30. The van der Waals surface area contributed by atoms with Crippen molar-refractivity contribution in [3.8, 4) is 0 Å². The van der Waals surface area contributed by atoms with Crippen LogP contribution in [0.2, 0.25) is 0 Å². The number of hydrogen-bond acceptors (Lipinski definition) is 3. The van der Waals surface area contributed by atoms with Crippen LogP contribution in [-0.4, -0.2) is 48.0 Å². The van der Waals surface area contributed by atoms with Gasteiger partial charge in [-0.15, -0.1) is 0 Å². The zero-order valence-electron chi connectivity index (χ0n) is 8.55. The van der Waals surface area contributed by atoms with Crippen molar-refractivity contribution in [2.45, 2.75) is 37.4 Å². The minimum atomic E-state index is -5.63. The van der Waals surface area contributed by atoms with Crippen molar-refractivity contribution in [2.24, 2.45) is 0 Å². The summed E-state index contributed by atoms with van der Waals surface area (Å²) in [5.74, 6) is 0. The van der Waals surface area contributed by atoms with E-state index in [1.165, 1.54) is 0 Å². The minimum absolute atomic E-state index is 0.153. The van der Waals surface area contributed by atoms with Crippen molar-refractivity contribution in [3.63, 3.8) is 0 Å². The fourth-order valence-electron chi connectivity index (χ4n) is 0.974. The number of aliphatic hydroxyl groups is 2. The highest BCUT2D eigenvalue weighted by molar-refractivity contribution is 4.72. The SMILES string of the molecule is OC(C(F)(F)F)C(F)(F)F.OCC1CCCO1. The van der Waals surface area contributed by atoms with Crippen LogP contribution in [-0.2, 0) is 4.74 Å². The maximum Gasteiger partial charge on any atom is 0.423 e. The quantitative estimate of drug-likeness (QED) is 0.712. The van der Waals surface area contributed by atoms with Gasteiger partial charge in [0.15, 0.2) is 0 Å². The van der Waals surface area contributed by atoms with E-state index >= 15 is 0 Å². The van der Waals surface area contributed by atoms with Gasteiger partial charge < -0.3 is 14.9 Å². The molecule has 1 atom stereocenters. The van der Waals surface area contributed by atoms with Gasteiger partial charge in [-0.1, -0.05) is 0 Å². The van der Waals surface area contributed by atoms with Gasteiger partial charge in [0.1, 0.15) is 0 Å². The Kier molecular flexibility index (Phi) is 6.20. The molecule has 1 aliphatic heterocycles. The first-order valence-corrected chi connectivity index (χ1v) is 4.63. The van der Waals surface area contributed by atoms with Crippen LogP contribution in [0.1, 0.15) is 12.8 Å². The molecule has 9 heteroatoms. The van der Waals surface area contributed by atoms with Gasteiger partial charge in [-0.3, -0.25) is 0 Å². The second kappa shape index (κ2) is 6.41. The van der Waals surface area contributed by atoms with Crippen LogP contribution in [0.15, 0.2) is 0 Å². The topological polar surface area (TPSA) is 49.7 Å². The first-order valence-electron chi connectivity index (χ1n) is 4.63. The summed E-state index contributed by atoms with van der Waals surface area (Å²) in [6, 6.07) is 0. The van der Waals surface area contributed by atoms with E-state index in [4.69, 9.17) is 14.9 Å². The average molecular weight is 270 g/mol. The highest BCUT2D eigenvalue weighted by Gasteiger charge is 2.55. The lowest BCUT2D eigenvalue weighted by Gasteiger charge is -2.16. The van der Waals surface area contributed by atoms with Gasteiger partial charge in [0.05, 0.1) is 12.7 Å². The summed E-state index contributed by atoms with van der Waals surface area (Å²) in [7, 11) is 0. The molecule has 0 aromatic heterocycles. The summed E-state index contributed by atoms with van der Waals surface area (Å²) in [4.78, 5) is 0. The van der Waals surface area contributed by atoms with E-state index in [-0.39, 0.29) is 12.7 Å². The van der Waals surface area contributed by atoms with E-state index in [2.05, 4.69) is 0 Å². The van der Waals surface area contributed by atoms with E-state index in [0.717, 1.165) is 19.4 Å². The van der Waals surface area contributed by atoms with Gasteiger partial charge in [-0.2, -0.15) is 26.3 Å². The number of alkyl halides is 6. The van der Waals surface area contributed by atoms with Crippen LogP contribution < -0.4 is 0 Å². The maximum atomic E-state index is 11.0. The number of rotatable bonds is 1. The smallest absolute Gasteiger partial charge is 0.394 e.